The van der Waals surface area contributed by atoms with Gasteiger partial charge in [0.1, 0.15) is 0 Å². The molecule has 0 saturated carbocycles. The Balaban J connectivity index is 0.872. The van der Waals surface area contributed by atoms with Crippen molar-refractivity contribution in [2.75, 3.05) is 29.4 Å². The molecule has 6 aliphatic rings. The van der Waals surface area contributed by atoms with E-state index in [0.717, 1.165) is 22.7 Å². The van der Waals surface area contributed by atoms with E-state index in [0.29, 0.717) is 0 Å². The molecular weight excluding hydrogens is 1650 g/mol. The first kappa shape index (κ1) is 85.9. The van der Waals surface area contributed by atoms with E-state index in [1.165, 1.54) is 194 Å². The molecule has 21 rings (SSSR count). The second-order valence-electron chi connectivity index (χ2n) is 45.8. The minimum absolute atomic E-state index is 0.0465. The molecule has 15 aromatic carbocycles. The molecular formula is C118H123B3N6Si4. The maximum Gasteiger partial charge on any atom is 0.252 e. The van der Waals surface area contributed by atoms with Gasteiger partial charge in [-0.1, -0.05) is 337 Å². The van der Waals surface area contributed by atoms with Gasteiger partial charge in [-0.2, -0.15) is 0 Å². The van der Waals surface area contributed by atoms with Crippen LogP contribution in [0.25, 0.3) is 0 Å². The van der Waals surface area contributed by atoms with Gasteiger partial charge in [0.25, 0.3) is 20.1 Å². The quantitative estimate of drug-likeness (QED) is 0.0840. The van der Waals surface area contributed by atoms with Crippen molar-refractivity contribution >= 4 is 225 Å². The molecule has 6 aliphatic heterocycles. The molecule has 6 heterocycles. The lowest BCUT2D eigenvalue weighted by Crippen LogP contribution is -2.62. The Morgan fingerprint density at radius 1 is 0.191 bits per heavy atom. The number of benzene rings is 15. The molecule has 0 radical (unpaired) electrons. The van der Waals surface area contributed by atoms with Crippen LogP contribution in [-0.4, -0.2) is 52.4 Å². The summed E-state index contributed by atoms with van der Waals surface area (Å²) in [5.74, 6) is 0. The second-order valence-corrected chi connectivity index (χ2v) is 66.1. The summed E-state index contributed by atoms with van der Waals surface area (Å²) in [6.07, 6.45) is 0. The normalized spacial score (nSPS) is 14.8. The number of fused-ring (bicyclic) bond motifs is 12. The number of hydrogen-bond acceptors (Lipinski definition) is 6. The van der Waals surface area contributed by atoms with E-state index in [4.69, 9.17) is 0 Å². The molecule has 0 saturated heterocycles. The minimum atomic E-state index is -1.97. The highest BCUT2D eigenvalue weighted by atomic mass is 28.3. The lowest BCUT2D eigenvalue weighted by atomic mass is 9.32. The summed E-state index contributed by atoms with van der Waals surface area (Å²) in [7, 11) is -7.25. The monoisotopic (exact) mass is 1770 g/mol. The highest BCUT2D eigenvalue weighted by molar-refractivity contribution is 7.03. The SMILES string of the molecule is Cc1ccc(N2c3ccc([Si](C)(C)C)cc3B3c4cc(C(C)(c5ccc6c(c5)B5c7cc(C)ccc7N(c7ccc([Si](C)(C)C)cc7)c7cccc(c75)N6c5ccc(C(C)(C)C)cc5)c5ccc6c(c5)B5c7cc([Si](C)(C)C)ccc7N(c7ccc([Si](C)(C)C)cc7)c7cccc(c75)N6c5ccc(C(C)(C)C)cc5)ccc4N(c4ccc(C(C)(C)C)cc4)c4cccc2c43)cc1. The molecule has 13 heteroatoms. The van der Waals surface area contributed by atoms with Crippen LogP contribution >= 0.6 is 0 Å². The number of nitrogens with zero attached hydrogens (tertiary/aromatic N) is 6. The van der Waals surface area contributed by atoms with E-state index in [1.807, 2.05) is 0 Å². The molecule has 15 aromatic rings. The summed E-state index contributed by atoms with van der Waals surface area (Å²) >= 11 is 0. The summed E-state index contributed by atoms with van der Waals surface area (Å²) < 4.78 is 0. The predicted molar refractivity (Wildman–Crippen MR) is 584 cm³/mol. The summed E-state index contributed by atoms with van der Waals surface area (Å²) in [5.41, 5.74) is 42.3. The van der Waals surface area contributed by atoms with Crippen LogP contribution in [0.3, 0.4) is 0 Å². The van der Waals surface area contributed by atoms with Crippen molar-refractivity contribution in [3.05, 3.63) is 354 Å². The van der Waals surface area contributed by atoms with Gasteiger partial charge in [-0.15, -0.1) is 0 Å². The van der Waals surface area contributed by atoms with Gasteiger partial charge in [0, 0.05) is 108 Å². The van der Waals surface area contributed by atoms with Crippen LogP contribution in [0.5, 0.6) is 0 Å². The van der Waals surface area contributed by atoms with Gasteiger partial charge in [-0.3, -0.25) is 0 Å². The third kappa shape index (κ3) is 14.1. The second kappa shape index (κ2) is 30.4. The van der Waals surface area contributed by atoms with E-state index >= 15 is 0 Å². The van der Waals surface area contributed by atoms with Crippen LogP contribution in [0.15, 0.2) is 309 Å². The first-order chi connectivity index (χ1) is 62.1. The number of aryl methyl sites for hydroxylation is 2. The zero-order chi connectivity index (χ0) is 91.8. The summed E-state index contributed by atoms with van der Waals surface area (Å²) in [6.45, 7) is 57.6. The van der Waals surface area contributed by atoms with Crippen molar-refractivity contribution in [1.29, 1.82) is 0 Å². The van der Waals surface area contributed by atoms with Crippen molar-refractivity contribution in [2.24, 2.45) is 0 Å². The van der Waals surface area contributed by atoms with E-state index in [2.05, 4.69) is 500 Å². The maximum absolute atomic E-state index is 2.73. The molecule has 0 fully saturated rings. The van der Waals surface area contributed by atoms with Crippen LogP contribution in [0, 0.1) is 13.8 Å². The molecule has 0 N–H and O–H groups in total. The van der Waals surface area contributed by atoms with Crippen LogP contribution in [-0.2, 0) is 21.7 Å². The minimum Gasteiger partial charge on any atom is -0.311 e. The Labute approximate surface area is 785 Å². The average Bonchev–Trinajstić information content (AvgIpc) is 0.693. The van der Waals surface area contributed by atoms with Crippen LogP contribution in [0.4, 0.5) is 102 Å². The van der Waals surface area contributed by atoms with Crippen LogP contribution in [0.2, 0.25) is 78.6 Å². The van der Waals surface area contributed by atoms with Crippen molar-refractivity contribution in [3.8, 4) is 0 Å². The maximum atomic E-state index is 2.73. The van der Waals surface area contributed by atoms with Crippen molar-refractivity contribution in [3.63, 3.8) is 0 Å². The van der Waals surface area contributed by atoms with Crippen LogP contribution in [0.1, 0.15) is 114 Å². The van der Waals surface area contributed by atoms with E-state index < -0.39 is 37.7 Å². The Hall–Kier alpha value is -11.8. The molecule has 131 heavy (non-hydrogen) atoms. The van der Waals surface area contributed by atoms with Gasteiger partial charge in [-0.05, 0) is 265 Å². The van der Waals surface area contributed by atoms with Gasteiger partial charge in [0.2, 0.25) is 0 Å². The smallest absolute Gasteiger partial charge is 0.252 e. The van der Waals surface area contributed by atoms with Crippen molar-refractivity contribution in [1.82, 2.24) is 0 Å². The van der Waals surface area contributed by atoms with Gasteiger partial charge in [0.05, 0.1) is 32.3 Å². The standard InChI is InChI=1S/C118H123B3N6Si4/c1-76-34-46-84(47-35-76)122-104-68-62-92(130(19,20)21)74-98(104)120-96-72-82(44-66-102(96)124(109-31-26-30-108(122)113(109)120)86-50-39-79(40-51-86)116(6,7)8)118(12,81-43-65-101-95(71-81)119-94-70-77(2)36-64-100(94)126(88-54-58-90(59-55-88)128(13,14)15)107-29-25-28-106(112(107)119)123(101)85-48-37-78(38-49-85)115(3,4)5)83-45-67-103-97(73-83)121-99-75-93(131(22,23)24)63-69-105(99)127(89-56-60-91(61-57-89)129(16,17)18)111-33-27-32-110(114(111)121)125(103)87-52-41-80(42-53-87)117(9,10)11/h25-75H,1-24H3. The molecule has 0 bridgehead atoms. The summed E-state index contributed by atoms with van der Waals surface area (Å²) in [5, 5.41) is 5.81. The summed E-state index contributed by atoms with van der Waals surface area (Å²) in [6, 6.07) is 125. The molecule has 0 amide bonds. The predicted octanol–water partition coefficient (Wildman–Crippen LogP) is 24.0. The Bertz CT molecular complexity index is 7080. The molecule has 0 aliphatic carbocycles. The molecule has 650 valence electrons. The highest BCUT2D eigenvalue weighted by Crippen LogP contribution is 2.52. The first-order valence-electron chi connectivity index (χ1n) is 47.7. The number of hydrogen-bond donors (Lipinski definition) is 0. The molecule has 1 unspecified atom stereocenters. The Kier molecular flexibility index (Phi) is 19.9. The van der Waals surface area contributed by atoms with Gasteiger partial charge < -0.3 is 29.4 Å². The zero-order valence-corrected chi connectivity index (χ0v) is 85.4. The number of anilines is 18. The highest BCUT2D eigenvalue weighted by Gasteiger charge is 2.51. The third-order valence-electron chi connectivity index (χ3n) is 29.8. The average molecular weight is 1770 g/mol. The first-order valence-corrected chi connectivity index (χ1v) is 61.7. The summed E-state index contributed by atoms with van der Waals surface area (Å²) in [4.78, 5) is 15.7. The fourth-order valence-corrected chi connectivity index (χ4v) is 26.9. The Morgan fingerprint density at radius 3 is 0.641 bits per heavy atom. The molecule has 6 nitrogen and oxygen atoms in total. The lowest BCUT2D eigenvalue weighted by molar-refractivity contribution is 0.590. The van der Waals surface area contributed by atoms with E-state index in [1.54, 1.807) is 0 Å². The topological polar surface area (TPSA) is 19.4 Å². The van der Waals surface area contributed by atoms with Crippen molar-refractivity contribution in [2.45, 2.75) is 183 Å². The fraction of sp³-hybridized carbons (Fsp3) is 0.237. The van der Waals surface area contributed by atoms with Gasteiger partial charge in [0.15, 0.2) is 0 Å². The Morgan fingerprint density at radius 2 is 0.389 bits per heavy atom. The molecule has 0 aromatic heterocycles. The largest absolute Gasteiger partial charge is 0.311 e. The van der Waals surface area contributed by atoms with Gasteiger partial charge >= 0.3 is 0 Å². The lowest BCUT2D eigenvalue weighted by Gasteiger charge is -2.46. The number of rotatable bonds is 13. The molecule has 1 atom stereocenters. The van der Waals surface area contributed by atoms with Crippen molar-refractivity contribution < 1.29 is 0 Å². The third-order valence-corrected chi connectivity index (χ3v) is 38.1. The van der Waals surface area contributed by atoms with Gasteiger partial charge in [-0.25, -0.2) is 0 Å². The van der Waals surface area contributed by atoms with E-state index in [-0.39, 0.29) is 36.4 Å². The van der Waals surface area contributed by atoms with E-state index in [9.17, 15) is 0 Å². The molecule has 0 spiro atoms. The fourth-order valence-electron chi connectivity index (χ4n) is 22.2. The van der Waals surface area contributed by atoms with Crippen LogP contribution < -0.4 is 99.3 Å². The zero-order valence-electron chi connectivity index (χ0n) is 81.4.